The number of ether oxygens (including phenoxy) is 3. The van der Waals surface area contributed by atoms with Gasteiger partial charge < -0.3 is 14.2 Å². The van der Waals surface area contributed by atoms with Crippen LogP contribution in [0.1, 0.15) is 39.0 Å². The SMILES string of the molecule is CCCCCCOc1cncc(N2CCCN(C)CC23OC(=O)C=CC(=O)O3)c1. The molecule has 1 aromatic rings. The molecule has 0 saturated carbocycles. The molecule has 1 spiro atoms. The summed E-state index contributed by atoms with van der Waals surface area (Å²) in [5, 5.41) is 0. The van der Waals surface area contributed by atoms with Gasteiger partial charge in [0.25, 0.3) is 0 Å². The number of esters is 2. The molecule has 1 saturated heterocycles. The molecule has 3 rings (SSSR count). The molecule has 0 bridgehead atoms. The first-order valence-corrected chi connectivity index (χ1v) is 10.2. The van der Waals surface area contributed by atoms with Gasteiger partial charge >= 0.3 is 17.8 Å². The van der Waals surface area contributed by atoms with Gasteiger partial charge in [-0.2, -0.15) is 0 Å². The molecule has 8 heteroatoms. The van der Waals surface area contributed by atoms with Crippen molar-refractivity contribution in [1.82, 2.24) is 9.88 Å². The van der Waals surface area contributed by atoms with Crippen molar-refractivity contribution in [3.63, 3.8) is 0 Å². The maximum atomic E-state index is 12.2. The van der Waals surface area contributed by atoms with E-state index in [0.717, 1.165) is 38.0 Å². The van der Waals surface area contributed by atoms with Gasteiger partial charge in [0.05, 0.1) is 31.2 Å². The molecular formula is C21H29N3O5. The minimum Gasteiger partial charge on any atom is -0.492 e. The number of unbranched alkanes of at least 4 members (excludes halogenated alkanes) is 3. The van der Waals surface area contributed by atoms with Gasteiger partial charge in [0.15, 0.2) is 0 Å². The number of pyridine rings is 1. The molecule has 0 radical (unpaired) electrons. The second-order valence-electron chi connectivity index (χ2n) is 7.42. The van der Waals surface area contributed by atoms with E-state index in [9.17, 15) is 9.59 Å². The Labute approximate surface area is 171 Å². The average molecular weight is 403 g/mol. The summed E-state index contributed by atoms with van der Waals surface area (Å²) in [6.07, 6.45) is 10.8. The van der Waals surface area contributed by atoms with Crippen LogP contribution in [-0.2, 0) is 19.1 Å². The van der Waals surface area contributed by atoms with Crippen LogP contribution in [0.2, 0.25) is 0 Å². The van der Waals surface area contributed by atoms with Crippen molar-refractivity contribution < 1.29 is 23.8 Å². The zero-order chi connectivity index (χ0) is 20.7. The first-order valence-electron chi connectivity index (χ1n) is 10.2. The number of nitrogens with zero attached hydrogens (tertiary/aromatic N) is 3. The van der Waals surface area contributed by atoms with Crippen LogP contribution in [0.25, 0.3) is 0 Å². The molecule has 8 nitrogen and oxygen atoms in total. The second kappa shape index (κ2) is 9.73. The van der Waals surface area contributed by atoms with Gasteiger partial charge in [-0.25, -0.2) is 9.59 Å². The van der Waals surface area contributed by atoms with Gasteiger partial charge in [-0.05, 0) is 26.4 Å². The smallest absolute Gasteiger partial charge is 0.356 e. The van der Waals surface area contributed by atoms with Crippen molar-refractivity contribution in [3.05, 3.63) is 30.6 Å². The third kappa shape index (κ3) is 5.47. The maximum Gasteiger partial charge on any atom is 0.356 e. The van der Waals surface area contributed by atoms with E-state index in [0.29, 0.717) is 24.6 Å². The van der Waals surface area contributed by atoms with Crippen LogP contribution in [0, 0.1) is 0 Å². The summed E-state index contributed by atoms with van der Waals surface area (Å²) in [5.41, 5.74) is 0.675. The van der Waals surface area contributed by atoms with Crippen LogP contribution in [0.15, 0.2) is 30.6 Å². The number of carbonyl (C=O) groups excluding carboxylic acids is 2. The van der Waals surface area contributed by atoms with Gasteiger partial charge in [-0.3, -0.25) is 14.8 Å². The van der Waals surface area contributed by atoms with Gasteiger partial charge in [-0.1, -0.05) is 26.2 Å². The monoisotopic (exact) mass is 403 g/mol. The molecule has 29 heavy (non-hydrogen) atoms. The minimum atomic E-state index is -1.55. The quantitative estimate of drug-likeness (QED) is 0.507. The highest BCUT2D eigenvalue weighted by Crippen LogP contribution is 2.33. The van der Waals surface area contributed by atoms with Crippen molar-refractivity contribution in [2.45, 2.75) is 44.9 Å². The fraction of sp³-hybridized carbons (Fsp3) is 0.571. The standard InChI is InChI=1S/C21H29N3O5/c1-3-4-5-6-12-27-18-13-17(14-22-15-18)24-11-7-10-23(2)16-21(24)28-19(25)8-9-20(26)29-21/h8-9,13-15H,3-7,10-12,16H2,1-2H3. The van der Waals surface area contributed by atoms with E-state index in [1.165, 1.54) is 12.8 Å². The van der Waals surface area contributed by atoms with E-state index in [1.807, 2.05) is 18.0 Å². The number of likely N-dealkylation sites (N-methyl/N-ethyl adjacent to an activating group) is 1. The molecule has 0 atom stereocenters. The molecule has 0 amide bonds. The number of rotatable bonds is 7. The minimum absolute atomic E-state index is 0.230. The Morgan fingerprint density at radius 2 is 1.86 bits per heavy atom. The van der Waals surface area contributed by atoms with Crippen LogP contribution < -0.4 is 9.64 Å². The molecular weight excluding hydrogens is 374 g/mol. The highest BCUT2D eigenvalue weighted by atomic mass is 16.8. The zero-order valence-corrected chi connectivity index (χ0v) is 17.1. The molecule has 0 unspecified atom stereocenters. The Balaban J connectivity index is 1.83. The maximum absolute atomic E-state index is 12.2. The normalized spacial score (nSPS) is 19.4. The van der Waals surface area contributed by atoms with Crippen molar-refractivity contribution in [1.29, 1.82) is 0 Å². The van der Waals surface area contributed by atoms with Crippen LogP contribution >= 0.6 is 0 Å². The van der Waals surface area contributed by atoms with E-state index in [-0.39, 0.29) is 6.54 Å². The van der Waals surface area contributed by atoms with E-state index < -0.39 is 17.8 Å². The van der Waals surface area contributed by atoms with Gasteiger partial charge in [-0.15, -0.1) is 0 Å². The van der Waals surface area contributed by atoms with E-state index >= 15 is 0 Å². The summed E-state index contributed by atoms with van der Waals surface area (Å²) in [4.78, 5) is 32.4. The lowest BCUT2D eigenvalue weighted by Gasteiger charge is -2.41. The third-order valence-electron chi connectivity index (χ3n) is 4.96. The topological polar surface area (TPSA) is 81.2 Å². The van der Waals surface area contributed by atoms with Crippen molar-refractivity contribution in [2.75, 3.05) is 38.2 Å². The average Bonchev–Trinajstić information content (AvgIpc) is 2.93. The Hall–Kier alpha value is -2.61. The summed E-state index contributed by atoms with van der Waals surface area (Å²) in [6.45, 7) is 4.33. The highest BCUT2D eigenvalue weighted by molar-refractivity contribution is 5.93. The number of aromatic nitrogens is 1. The molecule has 1 aromatic heterocycles. The van der Waals surface area contributed by atoms with Crippen LogP contribution in [0.5, 0.6) is 5.75 Å². The van der Waals surface area contributed by atoms with Crippen molar-refractivity contribution >= 4 is 17.6 Å². The molecule has 0 N–H and O–H groups in total. The predicted molar refractivity (Wildman–Crippen MR) is 107 cm³/mol. The number of carbonyl (C=O) groups is 2. The largest absolute Gasteiger partial charge is 0.492 e. The lowest BCUT2D eigenvalue weighted by molar-refractivity contribution is -0.223. The first kappa shape index (κ1) is 21.1. The summed E-state index contributed by atoms with van der Waals surface area (Å²) in [7, 11) is 1.90. The number of hydrogen-bond acceptors (Lipinski definition) is 8. The summed E-state index contributed by atoms with van der Waals surface area (Å²) in [6, 6.07) is 1.85. The molecule has 2 aliphatic rings. The van der Waals surface area contributed by atoms with Crippen molar-refractivity contribution in [3.8, 4) is 5.75 Å². The first-order chi connectivity index (χ1) is 14.0. The Kier molecular flexibility index (Phi) is 7.09. The van der Waals surface area contributed by atoms with Crippen LogP contribution in [-0.4, -0.2) is 61.0 Å². The Bertz CT molecular complexity index is 732. The fourth-order valence-corrected chi connectivity index (χ4v) is 3.57. The summed E-state index contributed by atoms with van der Waals surface area (Å²) in [5.74, 6) is -2.15. The lowest BCUT2D eigenvalue weighted by Crippen LogP contribution is -2.59. The second-order valence-corrected chi connectivity index (χ2v) is 7.42. The summed E-state index contributed by atoms with van der Waals surface area (Å²) >= 11 is 0. The van der Waals surface area contributed by atoms with E-state index in [2.05, 4.69) is 11.9 Å². The van der Waals surface area contributed by atoms with E-state index in [1.54, 1.807) is 17.3 Å². The Morgan fingerprint density at radius 3 is 2.59 bits per heavy atom. The Morgan fingerprint density at radius 1 is 1.10 bits per heavy atom. The third-order valence-corrected chi connectivity index (χ3v) is 4.96. The highest BCUT2D eigenvalue weighted by Gasteiger charge is 2.48. The molecule has 3 heterocycles. The lowest BCUT2D eigenvalue weighted by atomic mass is 10.2. The van der Waals surface area contributed by atoms with Crippen LogP contribution in [0.4, 0.5) is 5.69 Å². The fourth-order valence-electron chi connectivity index (χ4n) is 3.57. The van der Waals surface area contributed by atoms with Gasteiger partial charge in [0.2, 0.25) is 0 Å². The number of anilines is 1. The molecule has 0 aromatic carbocycles. The molecule has 0 aliphatic carbocycles. The van der Waals surface area contributed by atoms with Gasteiger partial charge in [0.1, 0.15) is 5.75 Å². The predicted octanol–water partition coefficient (Wildman–Crippen LogP) is 2.49. The number of hydrogen-bond donors (Lipinski definition) is 0. The van der Waals surface area contributed by atoms with E-state index in [4.69, 9.17) is 14.2 Å². The summed E-state index contributed by atoms with van der Waals surface area (Å²) < 4.78 is 17.1. The zero-order valence-electron chi connectivity index (χ0n) is 17.1. The molecule has 2 aliphatic heterocycles. The van der Waals surface area contributed by atoms with Crippen molar-refractivity contribution in [2.24, 2.45) is 0 Å². The molecule has 158 valence electrons. The molecule has 1 fully saturated rings. The van der Waals surface area contributed by atoms with Crippen LogP contribution in [0.3, 0.4) is 0 Å². The van der Waals surface area contributed by atoms with Gasteiger partial charge in [0, 0.05) is 24.8 Å².